The molecule has 0 spiro atoms. The summed E-state index contributed by atoms with van der Waals surface area (Å²) < 4.78 is 6.87. The molecule has 0 bridgehead atoms. The van der Waals surface area contributed by atoms with Crippen LogP contribution >= 0.6 is 0 Å². The Morgan fingerprint density at radius 3 is 1.56 bits per heavy atom. The number of aromatic nitrogens is 3. The van der Waals surface area contributed by atoms with Gasteiger partial charge in [0.05, 0.1) is 61.7 Å². The van der Waals surface area contributed by atoms with Crippen LogP contribution in [0.2, 0.25) is 0 Å². The molecule has 0 saturated carbocycles. The van der Waals surface area contributed by atoms with E-state index in [0.29, 0.717) is 11.1 Å². The van der Waals surface area contributed by atoms with Gasteiger partial charge in [-0.3, -0.25) is 0 Å². The van der Waals surface area contributed by atoms with Crippen molar-refractivity contribution in [3.05, 3.63) is 187 Å². The highest BCUT2D eigenvalue weighted by molar-refractivity contribution is 6.16. The number of rotatable bonds is 4. The monoisotopic (exact) mass is 699 g/mol. The summed E-state index contributed by atoms with van der Waals surface area (Å²) in [6, 6.07) is 65.9. The number of fused-ring (bicyclic) bond motifs is 9. The fourth-order valence-corrected chi connectivity index (χ4v) is 8.76. The molecule has 11 aromatic rings. The number of benzene rings is 8. The van der Waals surface area contributed by atoms with Crippen LogP contribution in [0, 0.1) is 22.7 Å². The van der Waals surface area contributed by atoms with Crippen LogP contribution in [0.3, 0.4) is 0 Å². The van der Waals surface area contributed by atoms with E-state index in [-0.39, 0.29) is 0 Å². The maximum absolute atomic E-state index is 10.6. The number of hydrogen-bond acceptors (Lipinski definition) is 2. The third-order valence-electron chi connectivity index (χ3n) is 11.1. The van der Waals surface area contributed by atoms with Crippen LogP contribution in [0.15, 0.2) is 176 Å². The van der Waals surface area contributed by atoms with Gasteiger partial charge in [0.15, 0.2) is 0 Å². The lowest BCUT2D eigenvalue weighted by Gasteiger charge is -2.14. The van der Waals surface area contributed by atoms with E-state index in [4.69, 9.17) is 0 Å². The summed E-state index contributed by atoms with van der Waals surface area (Å²) in [5.74, 6) is 0. The molecule has 0 aliphatic rings. The molecule has 0 atom stereocenters. The second kappa shape index (κ2) is 11.8. The van der Waals surface area contributed by atoms with Crippen LogP contribution in [0.25, 0.3) is 93.6 Å². The average Bonchev–Trinajstić information content (AvgIpc) is 3.89. The van der Waals surface area contributed by atoms with Crippen molar-refractivity contribution >= 4 is 65.4 Å². The Bertz CT molecular complexity index is 3420. The number of nitrogens with zero attached hydrogens (tertiary/aromatic N) is 5. The summed E-state index contributed by atoms with van der Waals surface area (Å²) in [5.41, 5.74) is 12.6. The van der Waals surface area contributed by atoms with Crippen LogP contribution in [0.1, 0.15) is 11.1 Å². The molecule has 0 aliphatic carbocycles. The first-order chi connectivity index (χ1) is 27.2. The topological polar surface area (TPSA) is 62.4 Å². The van der Waals surface area contributed by atoms with Crippen LogP contribution in [-0.4, -0.2) is 13.7 Å². The molecule has 0 radical (unpaired) electrons. The minimum absolute atomic E-state index is 0.594. The van der Waals surface area contributed by atoms with Gasteiger partial charge < -0.3 is 13.7 Å². The fourth-order valence-electron chi connectivity index (χ4n) is 8.76. The van der Waals surface area contributed by atoms with E-state index in [2.05, 4.69) is 171 Å². The first kappa shape index (κ1) is 30.7. The van der Waals surface area contributed by atoms with E-state index in [0.717, 1.165) is 82.8 Å². The standard InChI is InChI=1S/C50H29N5/c51-30-32-23-26-40-39-15-1-5-17-42(39)53(49(40)27-32)36-12-9-11-33(28-36)34-24-25-35(31-52)48(29-34)55-45-20-8-4-16-41(45)50-46(21-10-22-47(50)55)54-43-18-6-2-13-37(43)38-14-3-7-19-44(38)54/h1-29H. The van der Waals surface area contributed by atoms with Gasteiger partial charge in [0.25, 0.3) is 0 Å². The maximum Gasteiger partial charge on any atom is 0.101 e. The summed E-state index contributed by atoms with van der Waals surface area (Å²) in [5, 5.41) is 27.3. The van der Waals surface area contributed by atoms with Crippen molar-refractivity contribution in [2.75, 3.05) is 0 Å². The van der Waals surface area contributed by atoms with Crippen molar-refractivity contribution in [1.29, 1.82) is 10.5 Å². The highest BCUT2D eigenvalue weighted by Crippen LogP contribution is 2.41. The van der Waals surface area contributed by atoms with Gasteiger partial charge in [-0.2, -0.15) is 10.5 Å². The van der Waals surface area contributed by atoms with Crippen LogP contribution in [-0.2, 0) is 0 Å². The second-order valence-corrected chi connectivity index (χ2v) is 14.0. The zero-order valence-electron chi connectivity index (χ0n) is 29.5. The molecule has 55 heavy (non-hydrogen) atoms. The molecule has 0 N–H and O–H groups in total. The van der Waals surface area contributed by atoms with Crippen LogP contribution in [0.5, 0.6) is 0 Å². The molecule has 254 valence electrons. The fraction of sp³-hybridized carbons (Fsp3) is 0. The Hall–Kier alpha value is -7.86. The van der Waals surface area contributed by atoms with Gasteiger partial charge in [-0.1, -0.05) is 103 Å². The number of para-hydroxylation sites is 4. The molecular formula is C50H29N5. The van der Waals surface area contributed by atoms with Gasteiger partial charge >= 0.3 is 0 Å². The first-order valence-corrected chi connectivity index (χ1v) is 18.3. The Labute approximate surface area is 316 Å². The zero-order chi connectivity index (χ0) is 36.6. The minimum Gasteiger partial charge on any atom is -0.309 e. The molecule has 3 aromatic heterocycles. The van der Waals surface area contributed by atoms with Crippen LogP contribution in [0.4, 0.5) is 0 Å². The molecule has 0 saturated heterocycles. The number of hydrogen-bond donors (Lipinski definition) is 0. The highest BCUT2D eigenvalue weighted by atomic mass is 15.0. The van der Waals surface area contributed by atoms with E-state index in [1.54, 1.807) is 0 Å². The lowest BCUT2D eigenvalue weighted by atomic mass is 10.0. The van der Waals surface area contributed by atoms with Crippen molar-refractivity contribution in [2.45, 2.75) is 0 Å². The maximum atomic E-state index is 10.6. The predicted molar refractivity (Wildman–Crippen MR) is 224 cm³/mol. The van der Waals surface area contributed by atoms with E-state index in [1.807, 2.05) is 30.3 Å². The molecular weight excluding hydrogens is 671 g/mol. The summed E-state index contributed by atoms with van der Waals surface area (Å²) in [4.78, 5) is 0. The Morgan fingerprint density at radius 1 is 0.345 bits per heavy atom. The van der Waals surface area contributed by atoms with Gasteiger partial charge in [-0.25, -0.2) is 0 Å². The van der Waals surface area contributed by atoms with Gasteiger partial charge in [0.2, 0.25) is 0 Å². The molecule has 5 nitrogen and oxygen atoms in total. The van der Waals surface area contributed by atoms with Crippen molar-refractivity contribution < 1.29 is 0 Å². The predicted octanol–water partition coefficient (Wildman–Crippen LogP) is 12.4. The summed E-state index contributed by atoms with van der Waals surface area (Å²) in [7, 11) is 0. The van der Waals surface area contributed by atoms with Gasteiger partial charge in [-0.05, 0) is 83.9 Å². The molecule has 0 unspecified atom stereocenters. The first-order valence-electron chi connectivity index (χ1n) is 18.3. The summed E-state index contributed by atoms with van der Waals surface area (Å²) >= 11 is 0. The van der Waals surface area contributed by atoms with E-state index in [9.17, 15) is 10.5 Å². The van der Waals surface area contributed by atoms with Gasteiger partial charge in [0.1, 0.15) is 6.07 Å². The van der Waals surface area contributed by atoms with Crippen LogP contribution < -0.4 is 0 Å². The second-order valence-electron chi connectivity index (χ2n) is 14.0. The lowest BCUT2D eigenvalue weighted by molar-refractivity contribution is 1.16. The van der Waals surface area contributed by atoms with E-state index < -0.39 is 0 Å². The molecule has 0 fully saturated rings. The number of nitriles is 2. The quantitative estimate of drug-likeness (QED) is 0.184. The average molecular weight is 700 g/mol. The molecule has 5 heteroatoms. The van der Waals surface area contributed by atoms with E-state index >= 15 is 0 Å². The normalized spacial score (nSPS) is 11.6. The lowest BCUT2D eigenvalue weighted by Crippen LogP contribution is -1.99. The van der Waals surface area contributed by atoms with Gasteiger partial charge in [-0.15, -0.1) is 0 Å². The minimum atomic E-state index is 0.594. The molecule has 8 aromatic carbocycles. The van der Waals surface area contributed by atoms with Gasteiger partial charge in [0, 0.05) is 38.0 Å². The molecule has 0 aliphatic heterocycles. The Balaban J connectivity index is 1.14. The third kappa shape index (κ3) is 4.45. The van der Waals surface area contributed by atoms with Crippen molar-refractivity contribution in [1.82, 2.24) is 13.7 Å². The molecule has 3 heterocycles. The van der Waals surface area contributed by atoms with E-state index in [1.165, 1.54) is 10.8 Å². The van der Waals surface area contributed by atoms with Crippen molar-refractivity contribution in [3.8, 4) is 40.3 Å². The third-order valence-corrected chi connectivity index (χ3v) is 11.1. The molecule has 0 amide bonds. The SMILES string of the molecule is N#Cc1ccc2c3ccccc3n(-c3cccc(-c4ccc(C#N)c(-n5c6ccccc6c6c(-n7c8ccccc8c8ccccc87)cccc65)c4)c3)c2c1. The zero-order valence-corrected chi connectivity index (χ0v) is 29.5. The van der Waals surface area contributed by atoms with Crippen molar-refractivity contribution in [3.63, 3.8) is 0 Å². The Kier molecular flexibility index (Phi) is 6.61. The van der Waals surface area contributed by atoms with Crippen molar-refractivity contribution in [2.24, 2.45) is 0 Å². The largest absolute Gasteiger partial charge is 0.309 e. The smallest absolute Gasteiger partial charge is 0.101 e. The summed E-state index contributed by atoms with van der Waals surface area (Å²) in [6.45, 7) is 0. The molecule has 11 rings (SSSR count). The highest BCUT2D eigenvalue weighted by Gasteiger charge is 2.21. The summed E-state index contributed by atoms with van der Waals surface area (Å²) in [6.07, 6.45) is 0. The Morgan fingerprint density at radius 2 is 0.891 bits per heavy atom.